The summed E-state index contributed by atoms with van der Waals surface area (Å²) in [6, 6.07) is 15.7. The van der Waals surface area contributed by atoms with Crippen LogP contribution in [0.5, 0.6) is 11.5 Å². The van der Waals surface area contributed by atoms with Crippen LogP contribution in [-0.4, -0.2) is 111 Å². The number of aliphatic hydroxyl groups excluding tert-OH is 2. The number of hydrogen-bond donors (Lipinski definition) is 6. The molecule has 0 heterocycles. The molecule has 2 aromatic carbocycles. The second kappa shape index (κ2) is 20.4. The lowest BCUT2D eigenvalue weighted by molar-refractivity contribution is -0.928. The number of unbranched alkanes of at least 4 members (excludes halogenated alkanes) is 4. The summed E-state index contributed by atoms with van der Waals surface area (Å²) in [6.07, 6.45) is 4.63. The van der Waals surface area contributed by atoms with Crippen LogP contribution in [0.3, 0.4) is 0 Å². The molecule has 2 aromatic rings. The summed E-state index contributed by atoms with van der Waals surface area (Å²) in [5, 5.41) is 21.2. The summed E-state index contributed by atoms with van der Waals surface area (Å²) in [6.45, 7) is 6.38. The van der Waals surface area contributed by atoms with Crippen molar-refractivity contribution >= 4 is 11.8 Å². The van der Waals surface area contributed by atoms with Crippen LogP contribution in [0.1, 0.15) is 76.3 Å². The smallest absolute Gasteiger partial charge is 0.264 e. The van der Waals surface area contributed by atoms with E-state index in [1.165, 1.54) is 0 Å². The molecule has 12 nitrogen and oxygen atoms in total. The third kappa shape index (κ3) is 16.3. The fourth-order valence-electron chi connectivity index (χ4n) is 5.74. The number of quaternary nitrogens is 2. The van der Waals surface area contributed by atoms with Gasteiger partial charge in [0.15, 0.2) is 0 Å². The minimum Gasteiger partial charge on any atom is -0.491 e. The van der Waals surface area contributed by atoms with Crippen LogP contribution < -0.4 is 31.8 Å². The van der Waals surface area contributed by atoms with Gasteiger partial charge in [0.05, 0.1) is 28.2 Å². The first-order chi connectivity index (χ1) is 23.1. The lowest BCUT2D eigenvalue weighted by Crippen LogP contribution is -2.58. The zero-order valence-corrected chi connectivity index (χ0v) is 30.7. The number of nitrogens with zero attached hydrogens (tertiary/aromatic N) is 2. The van der Waals surface area contributed by atoms with E-state index in [4.69, 9.17) is 20.9 Å². The summed E-state index contributed by atoms with van der Waals surface area (Å²) in [5.41, 5.74) is 18.8. The van der Waals surface area contributed by atoms with E-state index >= 15 is 0 Å². The molecule has 276 valence electrons. The van der Waals surface area contributed by atoms with Gasteiger partial charge in [0, 0.05) is 18.3 Å². The summed E-state index contributed by atoms with van der Waals surface area (Å²) in [5.74, 6) is 1.21. The van der Waals surface area contributed by atoms with E-state index in [0.717, 1.165) is 49.7 Å². The molecule has 0 fully saturated rings. The average molecular weight is 689 g/mol. The first kappa shape index (κ1) is 41.9. The normalized spacial score (nSPS) is 13.4. The monoisotopic (exact) mass is 688 g/mol. The lowest BCUT2D eigenvalue weighted by Gasteiger charge is -2.31. The Morgan fingerprint density at radius 2 is 1.00 bits per heavy atom. The Morgan fingerprint density at radius 1 is 0.653 bits per heavy atom. The van der Waals surface area contributed by atoms with Crippen LogP contribution in [0.25, 0.3) is 0 Å². The molecule has 0 aromatic heterocycles. The van der Waals surface area contributed by atoms with Gasteiger partial charge in [-0.2, -0.15) is 0 Å². The molecule has 2 rings (SSSR count). The number of nitrogens with one attached hydrogen (secondary N) is 2. The topological polar surface area (TPSA) is 169 Å². The van der Waals surface area contributed by atoms with Crippen LogP contribution in [0.15, 0.2) is 48.5 Å². The maximum atomic E-state index is 12.3. The van der Waals surface area contributed by atoms with E-state index < -0.39 is 12.2 Å². The Bertz CT molecular complexity index is 1160. The SMILES string of the molecule is CC(C)(c1ccc(OCC(O)C[N+](C)(C)NC(=O)CCCCCN)cc1)c1ccc(OCC(O)C[N+](C)(C)NC(=O)CCCCCN)cc1. The van der Waals surface area contributed by atoms with E-state index in [1.807, 2.05) is 76.7 Å². The molecule has 0 saturated heterocycles. The molecule has 0 spiro atoms. The van der Waals surface area contributed by atoms with E-state index in [9.17, 15) is 19.8 Å². The van der Waals surface area contributed by atoms with Gasteiger partial charge in [-0.05, 0) is 74.2 Å². The first-order valence-electron chi connectivity index (χ1n) is 17.6. The van der Waals surface area contributed by atoms with Gasteiger partial charge in [-0.1, -0.05) is 51.0 Å². The number of amides is 2. The molecule has 0 aliphatic rings. The molecule has 0 aliphatic carbocycles. The van der Waals surface area contributed by atoms with Crippen molar-refractivity contribution in [2.24, 2.45) is 11.5 Å². The van der Waals surface area contributed by atoms with Crippen LogP contribution in [-0.2, 0) is 15.0 Å². The minimum absolute atomic E-state index is 0.0444. The van der Waals surface area contributed by atoms with Crippen molar-refractivity contribution in [3.63, 3.8) is 0 Å². The van der Waals surface area contributed by atoms with Crippen molar-refractivity contribution < 1.29 is 38.5 Å². The second-order valence-electron chi connectivity index (χ2n) is 14.6. The zero-order chi connectivity index (χ0) is 36.5. The molecule has 0 saturated carbocycles. The third-order valence-corrected chi connectivity index (χ3v) is 8.44. The summed E-state index contributed by atoms with van der Waals surface area (Å²) in [7, 11) is 7.38. The highest BCUT2D eigenvalue weighted by Gasteiger charge is 2.26. The highest BCUT2D eigenvalue weighted by molar-refractivity contribution is 5.74. The molecule has 0 bridgehead atoms. The number of ether oxygens (including phenoxy) is 2. The molecule has 2 amide bonds. The van der Waals surface area contributed by atoms with Gasteiger partial charge in [0.25, 0.3) is 11.8 Å². The minimum atomic E-state index is -0.765. The van der Waals surface area contributed by atoms with Crippen molar-refractivity contribution in [1.82, 2.24) is 10.9 Å². The molecule has 2 atom stereocenters. The standard InChI is InChI=1S/C37H62N6O6/c1-37(2,29-15-19-33(20-16-29)48-27-31(44)25-42(3,4)40-35(46)13-9-7-11-23-38)30-17-21-34(22-18-30)49-28-32(45)26-43(5,6)41-36(47)14-10-8-12-24-39/h15-22,31-32,44-45H,7-14,23-28,38-39H2,1-6H3/p+2. The van der Waals surface area contributed by atoms with Crippen molar-refractivity contribution in [3.05, 3.63) is 59.7 Å². The number of rotatable bonds is 24. The van der Waals surface area contributed by atoms with Crippen molar-refractivity contribution in [1.29, 1.82) is 0 Å². The highest BCUT2D eigenvalue weighted by Crippen LogP contribution is 2.33. The number of hydrogen-bond acceptors (Lipinski definition) is 8. The highest BCUT2D eigenvalue weighted by atomic mass is 16.5. The fourth-order valence-corrected chi connectivity index (χ4v) is 5.74. The zero-order valence-electron chi connectivity index (χ0n) is 30.7. The maximum absolute atomic E-state index is 12.3. The number of aliphatic hydroxyl groups is 2. The Hall–Kier alpha value is -3.26. The van der Waals surface area contributed by atoms with Gasteiger partial charge in [-0.15, -0.1) is 0 Å². The van der Waals surface area contributed by atoms with Crippen LogP contribution >= 0.6 is 0 Å². The molecule has 8 N–H and O–H groups in total. The predicted molar refractivity (Wildman–Crippen MR) is 193 cm³/mol. The van der Waals surface area contributed by atoms with E-state index in [1.54, 1.807) is 0 Å². The average Bonchev–Trinajstić information content (AvgIpc) is 3.02. The predicted octanol–water partition coefficient (Wildman–Crippen LogP) is 2.75. The van der Waals surface area contributed by atoms with Crippen molar-refractivity contribution in [2.45, 2.75) is 82.8 Å². The number of likely N-dealkylation sites (N-methyl/N-ethyl adjacent to an activating group) is 2. The van der Waals surface area contributed by atoms with Gasteiger partial charge in [0.2, 0.25) is 0 Å². The molecule has 0 radical (unpaired) electrons. The number of benzene rings is 2. The molecule has 2 unspecified atom stereocenters. The molecular weight excluding hydrogens is 624 g/mol. The number of carbonyl (C=O) groups is 2. The van der Waals surface area contributed by atoms with Crippen LogP contribution in [0.4, 0.5) is 0 Å². The molecule has 0 aliphatic heterocycles. The Labute approximate surface area is 293 Å². The molecule has 12 heteroatoms. The van der Waals surface area contributed by atoms with Crippen LogP contribution in [0.2, 0.25) is 0 Å². The maximum Gasteiger partial charge on any atom is 0.264 e. The fraction of sp³-hybridized carbons (Fsp3) is 0.622. The van der Waals surface area contributed by atoms with Crippen molar-refractivity contribution in [3.8, 4) is 11.5 Å². The summed E-state index contributed by atoms with van der Waals surface area (Å²) >= 11 is 0. The largest absolute Gasteiger partial charge is 0.491 e. The summed E-state index contributed by atoms with van der Waals surface area (Å²) in [4.78, 5) is 24.5. The Morgan fingerprint density at radius 3 is 1.33 bits per heavy atom. The third-order valence-electron chi connectivity index (χ3n) is 8.44. The van der Waals surface area contributed by atoms with E-state index in [0.29, 0.717) is 50.5 Å². The number of nitrogens with two attached hydrogens (primary N) is 2. The van der Waals surface area contributed by atoms with Gasteiger partial charge in [-0.3, -0.25) is 9.59 Å². The molecule has 49 heavy (non-hydrogen) atoms. The van der Waals surface area contributed by atoms with Gasteiger partial charge in [0.1, 0.15) is 50.0 Å². The quantitative estimate of drug-likeness (QED) is 0.0556. The number of carbonyl (C=O) groups excluding carboxylic acids is 2. The first-order valence-corrected chi connectivity index (χ1v) is 17.6. The van der Waals surface area contributed by atoms with E-state index in [2.05, 4.69) is 24.7 Å². The second-order valence-corrected chi connectivity index (χ2v) is 14.6. The van der Waals surface area contributed by atoms with Gasteiger partial charge >= 0.3 is 0 Å². The Kier molecular flexibility index (Phi) is 17.5. The van der Waals surface area contributed by atoms with Crippen molar-refractivity contribution in [2.75, 3.05) is 67.6 Å². The van der Waals surface area contributed by atoms with E-state index in [-0.39, 0.29) is 39.6 Å². The summed E-state index contributed by atoms with van der Waals surface area (Å²) < 4.78 is 12.1. The molecular formula is C37H64N6O6+2. The van der Waals surface area contributed by atoms with Gasteiger partial charge < -0.3 is 31.2 Å². The van der Waals surface area contributed by atoms with Gasteiger partial charge in [-0.25, -0.2) is 20.0 Å². The lowest BCUT2D eigenvalue weighted by atomic mass is 9.78. The van der Waals surface area contributed by atoms with Crippen LogP contribution in [0, 0.1) is 0 Å². The Balaban J connectivity index is 1.82.